The fourth-order valence-corrected chi connectivity index (χ4v) is 4.63. The fraction of sp³-hybridized carbons (Fsp3) is 1.00. The molecule has 0 amide bonds. The molecule has 3 atom stereocenters. The van der Waals surface area contributed by atoms with Crippen molar-refractivity contribution >= 4 is 11.8 Å². The minimum atomic E-state index is -0.0493. The lowest BCUT2D eigenvalue weighted by atomic mass is 9.78. The van der Waals surface area contributed by atoms with Crippen LogP contribution in [0.1, 0.15) is 52.9 Å². The summed E-state index contributed by atoms with van der Waals surface area (Å²) in [7, 11) is 0. The lowest BCUT2D eigenvalue weighted by molar-refractivity contribution is 0.0276. The van der Waals surface area contributed by atoms with Crippen LogP contribution in [0.2, 0.25) is 0 Å². The van der Waals surface area contributed by atoms with Crippen molar-refractivity contribution in [1.82, 2.24) is 4.90 Å². The van der Waals surface area contributed by atoms with Crippen molar-refractivity contribution in [1.29, 1.82) is 0 Å². The van der Waals surface area contributed by atoms with Gasteiger partial charge in [0, 0.05) is 23.6 Å². The molecule has 0 aromatic heterocycles. The highest BCUT2D eigenvalue weighted by atomic mass is 32.2. The molecule has 0 aromatic rings. The van der Waals surface area contributed by atoms with E-state index in [1.165, 1.54) is 44.5 Å². The molecule has 0 aromatic carbocycles. The number of rotatable bonds is 3. The molecule has 1 saturated carbocycles. The van der Waals surface area contributed by atoms with Gasteiger partial charge in [-0.05, 0) is 44.1 Å². The molecule has 1 saturated heterocycles. The van der Waals surface area contributed by atoms with E-state index in [-0.39, 0.29) is 6.10 Å². The third kappa shape index (κ3) is 4.64. The van der Waals surface area contributed by atoms with E-state index in [1.54, 1.807) is 0 Å². The molecule has 2 nitrogen and oxygen atoms in total. The molecule has 1 heterocycles. The summed E-state index contributed by atoms with van der Waals surface area (Å²) >= 11 is 2.11. The van der Waals surface area contributed by atoms with Gasteiger partial charge in [0.2, 0.25) is 0 Å². The third-order valence-electron chi connectivity index (χ3n) is 5.05. The van der Waals surface area contributed by atoms with E-state index in [2.05, 4.69) is 37.4 Å². The number of aliphatic hydroxyl groups is 1. The molecule has 19 heavy (non-hydrogen) atoms. The molecule has 0 bridgehead atoms. The number of nitrogens with zero attached hydrogens (tertiary/aromatic N) is 1. The fourth-order valence-electron chi connectivity index (χ4n) is 3.49. The first-order valence-electron chi connectivity index (χ1n) is 8.04. The summed E-state index contributed by atoms with van der Waals surface area (Å²) in [5.74, 6) is 2.61. The van der Waals surface area contributed by atoms with Crippen LogP contribution in [-0.4, -0.2) is 46.2 Å². The Morgan fingerprint density at radius 1 is 1.26 bits per heavy atom. The van der Waals surface area contributed by atoms with Crippen LogP contribution in [0, 0.1) is 11.8 Å². The zero-order valence-electron chi connectivity index (χ0n) is 12.9. The first kappa shape index (κ1) is 15.7. The van der Waals surface area contributed by atoms with Gasteiger partial charge in [0.05, 0.1) is 6.10 Å². The maximum Gasteiger partial charge on any atom is 0.0580 e. The predicted molar refractivity (Wildman–Crippen MR) is 84.7 cm³/mol. The smallest absolute Gasteiger partial charge is 0.0580 e. The predicted octanol–water partition coefficient (Wildman–Crippen LogP) is 3.39. The molecule has 2 aliphatic rings. The van der Waals surface area contributed by atoms with Crippen LogP contribution >= 0.6 is 11.8 Å². The van der Waals surface area contributed by atoms with Crippen molar-refractivity contribution < 1.29 is 5.11 Å². The van der Waals surface area contributed by atoms with E-state index in [9.17, 15) is 5.11 Å². The third-order valence-corrected chi connectivity index (χ3v) is 6.42. The summed E-state index contributed by atoms with van der Waals surface area (Å²) in [6.45, 7) is 10.6. The van der Waals surface area contributed by atoms with Gasteiger partial charge in [-0.3, -0.25) is 0 Å². The zero-order chi connectivity index (χ0) is 13.9. The molecule has 1 aliphatic heterocycles. The Balaban J connectivity index is 1.85. The Morgan fingerprint density at radius 2 is 2.05 bits per heavy atom. The monoisotopic (exact) mass is 285 g/mol. The average Bonchev–Trinajstić information content (AvgIpc) is 2.54. The van der Waals surface area contributed by atoms with Crippen molar-refractivity contribution in [3.8, 4) is 0 Å². The SMILES string of the molecule is CCC1CCC(O)C(CN2CCSC(C)(C)CC2)C1. The second-order valence-corrected chi connectivity index (χ2v) is 8.88. The van der Waals surface area contributed by atoms with Crippen molar-refractivity contribution in [2.45, 2.75) is 63.7 Å². The van der Waals surface area contributed by atoms with Gasteiger partial charge < -0.3 is 10.0 Å². The van der Waals surface area contributed by atoms with Crippen molar-refractivity contribution in [2.75, 3.05) is 25.4 Å². The van der Waals surface area contributed by atoms with Crippen LogP contribution in [0.4, 0.5) is 0 Å². The molecule has 2 rings (SSSR count). The summed E-state index contributed by atoms with van der Waals surface area (Å²) in [4.78, 5) is 2.60. The standard InChI is InChI=1S/C16H31NOS/c1-4-13-5-6-15(18)14(11-13)12-17-8-7-16(2,3)19-10-9-17/h13-15,18H,4-12H2,1-3H3. The molecular weight excluding hydrogens is 254 g/mol. The van der Waals surface area contributed by atoms with Crippen molar-refractivity contribution in [3.05, 3.63) is 0 Å². The summed E-state index contributed by atoms with van der Waals surface area (Å²) in [6, 6.07) is 0. The van der Waals surface area contributed by atoms with Gasteiger partial charge in [-0.1, -0.05) is 27.2 Å². The number of hydrogen-bond donors (Lipinski definition) is 1. The van der Waals surface area contributed by atoms with Gasteiger partial charge in [-0.25, -0.2) is 0 Å². The van der Waals surface area contributed by atoms with Crippen LogP contribution in [-0.2, 0) is 0 Å². The Kier molecular flexibility index (Phi) is 5.62. The average molecular weight is 285 g/mol. The normalized spacial score (nSPS) is 36.9. The number of thioether (sulfide) groups is 1. The zero-order valence-corrected chi connectivity index (χ0v) is 13.7. The summed E-state index contributed by atoms with van der Waals surface area (Å²) in [5.41, 5.74) is 0. The molecule has 3 heteroatoms. The summed E-state index contributed by atoms with van der Waals surface area (Å²) in [5, 5.41) is 10.3. The summed E-state index contributed by atoms with van der Waals surface area (Å²) < 4.78 is 0.436. The largest absolute Gasteiger partial charge is 0.393 e. The van der Waals surface area contributed by atoms with Gasteiger partial charge in [0.1, 0.15) is 0 Å². The Labute approximate surface area is 123 Å². The van der Waals surface area contributed by atoms with E-state index in [0.29, 0.717) is 10.7 Å². The first-order valence-corrected chi connectivity index (χ1v) is 9.03. The van der Waals surface area contributed by atoms with Gasteiger partial charge in [-0.2, -0.15) is 11.8 Å². The first-order chi connectivity index (χ1) is 9.00. The summed E-state index contributed by atoms with van der Waals surface area (Å²) in [6.07, 6.45) is 6.01. The second kappa shape index (κ2) is 6.82. The Morgan fingerprint density at radius 3 is 2.79 bits per heavy atom. The highest BCUT2D eigenvalue weighted by Crippen LogP contribution is 2.34. The molecule has 3 unspecified atom stereocenters. The maximum absolute atomic E-state index is 10.3. The highest BCUT2D eigenvalue weighted by molar-refractivity contribution is 8.00. The molecule has 1 N–H and O–H groups in total. The molecule has 112 valence electrons. The highest BCUT2D eigenvalue weighted by Gasteiger charge is 2.31. The van der Waals surface area contributed by atoms with Crippen LogP contribution < -0.4 is 0 Å². The number of aliphatic hydroxyl groups excluding tert-OH is 1. The number of hydrogen-bond acceptors (Lipinski definition) is 3. The minimum Gasteiger partial charge on any atom is -0.393 e. The molecule has 0 spiro atoms. The van der Waals surface area contributed by atoms with Crippen molar-refractivity contribution in [3.63, 3.8) is 0 Å². The van der Waals surface area contributed by atoms with Crippen LogP contribution in [0.15, 0.2) is 0 Å². The molecule has 1 aliphatic carbocycles. The Bertz CT molecular complexity index is 282. The lowest BCUT2D eigenvalue weighted by Crippen LogP contribution is -2.40. The van der Waals surface area contributed by atoms with Crippen LogP contribution in [0.5, 0.6) is 0 Å². The van der Waals surface area contributed by atoms with Crippen molar-refractivity contribution in [2.24, 2.45) is 11.8 Å². The van der Waals surface area contributed by atoms with Gasteiger partial charge >= 0.3 is 0 Å². The van der Waals surface area contributed by atoms with E-state index < -0.39 is 0 Å². The molecule has 2 fully saturated rings. The van der Waals surface area contributed by atoms with Gasteiger partial charge in [-0.15, -0.1) is 0 Å². The van der Waals surface area contributed by atoms with Crippen LogP contribution in [0.25, 0.3) is 0 Å². The van der Waals surface area contributed by atoms with E-state index in [0.717, 1.165) is 18.9 Å². The topological polar surface area (TPSA) is 23.5 Å². The molecular formula is C16H31NOS. The van der Waals surface area contributed by atoms with Gasteiger partial charge in [0.15, 0.2) is 0 Å². The van der Waals surface area contributed by atoms with E-state index in [4.69, 9.17) is 0 Å². The van der Waals surface area contributed by atoms with E-state index >= 15 is 0 Å². The lowest BCUT2D eigenvalue weighted by Gasteiger charge is -2.36. The quantitative estimate of drug-likeness (QED) is 0.860. The van der Waals surface area contributed by atoms with Crippen LogP contribution in [0.3, 0.4) is 0 Å². The Hall–Kier alpha value is 0.270. The van der Waals surface area contributed by atoms with E-state index in [1.807, 2.05) is 0 Å². The minimum absolute atomic E-state index is 0.0493. The van der Waals surface area contributed by atoms with Gasteiger partial charge in [0.25, 0.3) is 0 Å². The maximum atomic E-state index is 10.3. The second-order valence-electron chi connectivity index (χ2n) is 7.07. The molecule has 0 radical (unpaired) electrons.